The van der Waals surface area contributed by atoms with Gasteiger partial charge in [0.05, 0.1) is 12.2 Å². The third kappa shape index (κ3) is 2.46. The second-order valence-corrected chi connectivity index (χ2v) is 3.87. The summed E-state index contributed by atoms with van der Waals surface area (Å²) in [6, 6.07) is 0. The van der Waals surface area contributed by atoms with Crippen LogP contribution in [0.5, 0.6) is 0 Å². The molecule has 1 rings (SSSR count). The van der Waals surface area contributed by atoms with Crippen molar-refractivity contribution in [2.45, 2.75) is 33.0 Å². The topological polar surface area (TPSA) is 12.5 Å². The van der Waals surface area contributed by atoms with Crippen molar-refractivity contribution in [3.8, 4) is 0 Å². The first-order chi connectivity index (χ1) is 5.09. The lowest BCUT2D eigenvalue weighted by atomic mass is 9.95. The van der Waals surface area contributed by atoms with Crippen LogP contribution in [0.1, 0.15) is 20.8 Å². The average molecular weight is 157 g/mol. The van der Waals surface area contributed by atoms with Crippen molar-refractivity contribution in [1.29, 1.82) is 0 Å². The van der Waals surface area contributed by atoms with Gasteiger partial charge in [0, 0.05) is 19.0 Å². The van der Waals surface area contributed by atoms with Gasteiger partial charge in [-0.25, -0.2) is 0 Å². The van der Waals surface area contributed by atoms with Crippen LogP contribution < -0.4 is 0 Å². The minimum atomic E-state index is 0.371. The first-order valence-corrected chi connectivity index (χ1v) is 4.43. The van der Waals surface area contributed by atoms with Crippen LogP contribution in [0.4, 0.5) is 0 Å². The fourth-order valence-electron chi connectivity index (χ4n) is 1.58. The number of nitrogens with zero attached hydrogens (tertiary/aromatic N) is 1. The molecule has 11 heavy (non-hydrogen) atoms. The zero-order valence-electron chi connectivity index (χ0n) is 8.00. The van der Waals surface area contributed by atoms with Crippen LogP contribution in [0.2, 0.25) is 0 Å². The van der Waals surface area contributed by atoms with Gasteiger partial charge in [-0.05, 0) is 27.8 Å². The molecular weight excluding hydrogens is 138 g/mol. The second-order valence-electron chi connectivity index (χ2n) is 3.87. The highest BCUT2D eigenvalue weighted by Gasteiger charge is 2.29. The first-order valence-electron chi connectivity index (χ1n) is 4.43. The number of ether oxygens (including phenoxy) is 1. The predicted octanol–water partition coefficient (Wildman–Crippen LogP) is 1.36. The molecule has 0 aliphatic carbocycles. The second kappa shape index (κ2) is 3.55. The summed E-state index contributed by atoms with van der Waals surface area (Å²) in [5.74, 6) is 0.766. The van der Waals surface area contributed by atoms with Crippen molar-refractivity contribution in [1.82, 2.24) is 4.90 Å². The average Bonchev–Trinajstić information content (AvgIpc) is 1.79. The van der Waals surface area contributed by atoms with Gasteiger partial charge >= 0.3 is 0 Å². The van der Waals surface area contributed by atoms with Crippen molar-refractivity contribution in [3.05, 3.63) is 0 Å². The molecule has 0 saturated carbocycles. The van der Waals surface area contributed by atoms with Crippen LogP contribution in [0.3, 0.4) is 0 Å². The van der Waals surface area contributed by atoms with Gasteiger partial charge in [-0.3, -0.25) is 0 Å². The molecule has 2 nitrogen and oxygen atoms in total. The molecule has 0 unspecified atom stereocenters. The highest BCUT2D eigenvalue weighted by atomic mass is 16.5. The molecule has 0 spiro atoms. The Kier molecular flexibility index (Phi) is 2.90. The molecule has 1 heterocycles. The van der Waals surface area contributed by atoms with Crippen molar-refractivity contribution < 1.29 is 4.74 Å². The predicted molar refractivity (Wildman–Crippen MR) is 46.7 cm³/mol. The molecule has 0 aromatic heterocycles. The Morgan fingerprint density at radius 1 is 1.27 bits per heavy atom. The van der Waals surface area contributed by atoms with Gasteiger partial charge in [-0.1, -0.05) is 0 Å². The van der Waals surface area contributed by atoms with Crippen LogP contribution in [0.15, 0.2) is 0 Å². The lowest BCUT2D eigenvalue weighted by Gasteiger charge is -2.40. The zero-order valence-corrected chi connectivity index (χ0v) is 8.00. The summed E-state index contributed by atoms with van der Waals surface area (Å²) < 4.78 is 5.68. The fraction of sp³-hybridized carbons (Fsp3) is 1.00. The summed E-state index contributed by atoms with van der Waals surface area (Å²) in [6.07, 6.45) is 0.808. The Bertz CT molecular complexity index is 119. The standard InChI is InChI=1S/C9H19NO/c1-7(2)11-8(3)9-5-10(4)6-9/h7-9H,5-6H2,1-4H3/t8-/m0/s1. The summed E-state index contributed by atoms with van der Waals surface area (Å²) in [5.41, 5.74) is 0. The highest BCUT2D eigenvalue weighted by molar-refractivity contribution is 4.81. The first kappa shape index (κ1) is 9.01. The third-order valence-corrected chi connectivity index (χ3v) is 2.24. The van der Waals surface area contributed by atoms with Gasteiger partial charge in [0.2, 0.25) is 0 Å². The number of hydrogen-bond acceptors (Lipinski definition) is 2. The lowest BCUT2D eigenvalue weighted by molar-refractivity contribution is -0.0579. The number of hydrogen-bond donors (Lipinski definition) is 0. The van der Waals surface area contributed by atoms with E-state index in [9.17, 15) is 0 Å². The van der Waals surface area contributed by atoms with Gasteiger partial charge in [0.25, 0.3) is 0 Å². The Morgan fingerprint density at radius 3 is 2.18 bits per heavy atom. The van der Waals surface area contributed by atoms with Gasteiger partial charge in [0.15, 0.2) is 0 Å². The smallest absolute Gasteiger partial charge is 0.0603 e. The lowest BCUT2D eigenvalue weighted by Crippen LogP contribution is -2.49. The number of likely N-dealkylation sites (tertiary alicyclic amines) is 1. The molecule has 2 heteroatoms. The Morgan fingerprint density at radius 2 is 1.82 bits per heavy atom. The molecule has 1 fully saturated rings. The van der Waals surface area contributed by atoms with Crippen LogP contribution in [0, 0.1) is 5.92 Å². The molecule has 66 valence electrons. The van der Waals surface area contributed by atoms with E-state index in [-0.39, 0.29) is 0 Å². The van der Waals surface area contributed by atoms with Gasteiger partial charge in [0.1, 0.15) is 0 Å². The van der Waals surface area contributed by atoms with Crippen molar-refractivity contribution in [2.75, 3.05) is 20.1 Å². The van der Waals surface area contributed by atoms with Crippen LogP contribution >= 0.6 is 0 Å². The maximum Gasteiger partial charge on any atom is 0.0603 e. The van der Waals surface area contributed by atoms with E-state index < -0.39 is 0 Å². The normalized spacial score (nSPS) is 23.7. The van der Waals surface area contributed by atoms with Crippen molar-refractivity contribution in [3.63, 3.8) is 0 Å². The molecule has 0 amide bonds. The Balaban J connectivity index is 2.16. The fourth-order valence-corrected chi connectivity index (χ4v) is 1.58. The summed E-state index contributed by atoms with van der Waals surface area (Å²) in [5, 5.41) is 0. The molecule has 1 aliphatic heterocycles. The maximum atomic E-state index is 5.68. The quantitative estimate of drug-likeness (QED) is 0.613. The van der Waals surface area contributed by atoms with Crippen molar-refractivity contribution in [2.24, 2.45) is 5.92 Å². The number of rotatable bonds is 3. The molecule has 1 atom stereocenters. The molecule has 1 aliphatic rings. The van der Waals surface area contributed by atoms with Gasteiger partial charge < -0.3 is 9.64 Å². The molecular formula is C9H19NO. The Hall–Kier alpha value is -0.0800. The minimum Gasteiger partial charge on any atom is -0.375 e. The van der Waals surface area contributed by atoms with E-state index >= 15 is 0 Å². The van der Waals surface area contributed by atoms with E-state index in [1.807, 2.05) is 0 Å². The van der Waals surface area contributed by atoms with Gasteiger partial charge in [-0.15, -0.1) is 0 Å². The molecule has 0 radical (unpaired) electrons. The Labute approximate surface area is 69.5 Å². The molecule has 1 saturated heterocycles. The summed E-state index contributed by atoms with van der Waals surface area (Å²) >= 11 is 0. The van der Waals surface area contributed by atoms with E-state index in [0.29, 0.717) is 12.2 Å². The largest absolute Gasteiger partial charge is 0.375 e. The van der Waals surface area contributed by atoms with E-state index in [1.54, 1.807) is 0 Å². The zero-order chi connectivity index (χ0) is 8.43. The maximum absolute atomic E-state index is 5.68. The van der Waals surface area contributed by atoms with E-state index in [0.717, 1.165) is 5.92 Å². The van der Waals surface area contributed by atoms with E-state index in [2.05, 4.69) is 32.7 Å². The monoisotopic (exact) mass is 157 g/mol. The van der Waals surface area contributed by atoms with Crippen molar-refractivity contribution >= 4 is 0 Å². The molecule has 0 N–H and O–H groups in total. The molecule has 0 aromatic rings. The summed E-state index contributed by atoms with van der Waals surface area (Å²) in [4.78, 5) is 2.32. The van der Waals surface area contributed by atoms with Crippen LogP contribution in [0.25, 0.3) is 0 Å². The van der Waals surface area contributed by atoms with E-state index in [1.165, 1.54) is 13.1 Å². The van der Waals surface area contributed by atoms with Gasteiger partial charge in [-0.2, -0.15) is 0 Å². The highest BCUT2D eigenvalue weighted by Crippen LogP contribution is 2.19. The SMILES string of the molecule is CC(C)O[C@@H](C)C1CN(C)C1. The molecule has 0 bridgehead atoms. The molecule has 0 aromatic carbocycles. The third-order valence-electron chi connectivity index (χ3n) is 2.24. The summed E-state index contributed by atoms with van der Waals surface area (Å²) in [7, 11) is 2.15. The minimum absolute atomic E-state index is 0.371. The van der Waals surface area contributed by atoms with Crippen LogP contribution in [-0.2, 0) is 4.74 Å². The van der Waals surface area contributed by atoms with Crippen LogP contribution in [-0.4, -0.2) is 37.2 Å². The summed E-state index contributed by atoms with van der Waals surface area (Å²) in [6.45, 7) is 8.78. The van der Waals surface area contributed by atoms with E-state index in [4.69, 9.17) is 4.74 Å².